The van der Waals surface area contributed by atoms with Crippen LogP contribution in [0.2, 0.25) is 5.15 Å². The van der Waals surface area contributed by atoms with Gasteiger partial charge in [0.15, 0.2) is 11.0 Å². The number of halogens is 1. The van der Waals surface area contributed by atoms with E-state index in [0.717, 1.165) is 19.4 Å². The first-order valence-corrected chi connectivity index (χ1v) is 5.98. The highest BCUT2D eigenvalue weighted by Gasteiger charge is 2.08. The summed E-state index contributed by atoms with van der Waals surface area (Å²) in [5.74, 6) is 2.01. The third kappa shape index (κ3) is 3.52. The van der Waals surface area contributed by atoms with Gasteiger partial charge in [0, 0.05) is 13.0 Å². The van der Waals surface area contributed by atoms with Crippen molar-refractivity contribution in [2.45, 2.75) is 33.6 Å². The normalized spacial score (nSPS) is 10.8. The minimum absolute atomic E-state index is 0.332. The van der Waals surface area contributed by atoms with Gasteiger partial charge in [0.2, 0.25) is 0 Å². The van der Waals surface area contributed by atoms with Crippen LogP contribution in [0.25, 0.3) is 0 Å². The third-order valence-electron chi connectivity index (χ3n) is 2.28. The number of hydrogen-bond acceptors (Lipinski definition) is 4. The molecule has 0 amide bonds. The van der Waals surface area contributed by atoms with Gasteiger partial charge in [0.25, 0.3) is 0 Å². The van der Waals surface area contributed by atoms with Crippen molar-refractivity contribution < 1.29 is 0 Å². The van der Waals surface area contributed by atoms with Crippen molar-refractivity contribution in [3.63, 3.8) is 0 Å². The maximum Gasteiger partial charge on any atom is 0.157 e. The van der Waals surface area contributed by atoms with E-state index in [4.69, 9.17) is 17.3 Å². The first-order chi connectivity index (χ1) is 7.54. The molecule has 16 heavy (non-hydrogen) atoms. The second kappa shape index (κ2) is 5.89. The molecule has 0 aliphatic carbocycles. The number of nitrogen functional groups attached to an aromatic ring is 1. The molecule has 0 spiro atoms. The highest BCUT2D eigenvalue weighted by atomic mass is 35.5. The molecular weight excluding hydrogens is 224 g/mol. The van der Waals surface area contributed by atoms with Crippen LogP contribution < -0.4 is 11.1 Å². The molecule has 0 saturated heterocycles. The van der Waals surface area contributed by atoms with E-state index in [1.165, 1.54) is 0 Å². The number of nitrogens with zero attached hydrogens (tertiary/aromatic N) is 2. The van der Waals surface area contributed by atoms with Crippen molar-refractivity contribution in [1.29, 1.82) is 0 Å². The predicted octanol–water partition coefficient (Wildman–Crippen LogP) is 2.73. The number of nitrogens with two attached hydrogens (primary N) is 1. The lowest BCUT2D eigenvalue weighted by molar-refractivity contribution is 0.606. The number of aryl methyl sites for hydroxylation is 1. The van der Waals surface area contributed by atoms with Crippen molar-refractivity contribution in [3.8, 4) is 0 Å². The van der Waals surface area contributed by atoms with Gasteiger partial charge in [-0.05, 0) is 12.3 Å². The Morgan fingerprint density at radius 2 is 2.06 bits per heavy atom. The number of anilines is 2. The Morgan fingerprint density at radius 3 is 2.62 bits per heavy atom. The Labute approximate surface area is 102 Å². The van der Waals surface area contributed by atoms with Crippen molar-refractivity contribution >= 4 is 23.1 Å². The summed E-state index contributed by atoms with van der Waals surface area (Å²) in [4.78, 5) is 8.40. The van der Waals surface area contributed by atoms with E-state index in [1.54, 1.807) is 0 Å². The molecule has 90 valence electrons. The Hall–Kier alpha value is -1.03. The number of nitrogens with one attached hydrogen (secondary N) is 1. The van der Waals surface area contributed by atoms with E-state index in [-0.39, 0.29) is 0 Å². The molecule has 0 radical (unpaired) electrons. The van der Waals surface area contributed by atoms with E-state index in [0.29, 0.717) is 28.4 Å². The van der Waals surface area contributed by atoms with Gasteiger partial charge < -0.3 is 11.1 Å². The molecule has 0 fully saturated rings. The maximum absolute atomic E-state index is 5.92. The molecule has 0 atom stereocenters. The fourth-order valence-corrected chi connectivity index (χ4v) is 1.44. The Balaban J connectivity index is 2.74. The fourth-order valence-electron chi connectivity index (χ4n) is 1.26. The van der Waals surface area contributed by atoms with Gasteiger partial charge in [0.1, 0.15) is 11.5 Å². The SMILES string of the molecule is CCc1nc(Cl)c(N)c(NCCC(C)C)n1. The molecule has 0 bridgehead atoms. The summed E-state index contributed by atoms with van der Waals surface area (Å²) in [6, 6.07) is 0. The lowest BCUT2D eigenvalue weighted by Gasteiger charge is -2.11. The number of hydrogen-bond donors (Lipinski definition) is 2. The smallest absolute Gasteiger partial charge is 0.157 e. The molecule has 0 aliphatic heterocycles. The van der Waals surface area contributed by atoms with Gasteiger partial charge in [-0.2, -0.15) is 0 Å². The standard InChI is InChI=1S/C11H19ClN4/c1-4-8-15-10(12)9(13)11(16-8)14-6-5-7(2)3/h7H,4-6,13H2,1-3H3,(H,14,15,16). The molecule has 0 aromatic carbocycles. The van der Waals surface area contributed by atoms with Crippen LogP contribution in [0.1, 0.15) is 33.0 Å². The monoisotopic (exact) mass is 242 g/mol. The molecule has 0 saturated carbocycles. The summed E-state index contributed by atoms with van der Waals surface area (Å²) in [5.41, 5.74) is 6.24. The minimum Gasteiger partial charge on any atom is -0.393 e. The van der Waals surface area contributed by atoms with Crippen LogP contribution in [0.5, 0.6) is 0 Å². The van der Waals surface area contributed by atoms with Crippen molar-refractivity contribution in [1.82, 2.24) is 9.97 Å². The van der Waals surface area contributed by atoms with E-state index in [2.05, 4.69) is 29.1 Å². The molecule has 4 nitrogen and oxygen atoms in total. The van der Waals surface area contributed by atoms with Gasteiger partial charge in [-0.1, -0.05) is 32.4 Å². The topological polar surface area (TPSA) is 63.8 Å². The van der Waals surface area contributed by atoms with Crippen LogP contribution in [0.4, 0.5) is 11.5 Å². The zero-order valence-corrected chi connectivity index (χ0v) is 10.8. The van der Waals surface area contributed by atoms with Gasteiger partial charge >= 0.3 is 0 Å². The maximum atomic E-state index is 5.92. The molecule has 1 aromatic rings. The van der Waals surface area contributed by atoms with E-state index < -0.39 is 0 Å². The van der Waals surface area contributed by atoms with E-state index in [9.17, 15) is 0 Å². The van der Waals surface area contributed by atoms with Gasteiger partial charge in [-0.3, -0.25) is 0 Å². The van der Waals surface area contributed by atoms with Gasteiger partial charge in [-0.25, -0.2) is 9.97 Å². The lowest BCUT2D eigenvalue weighted by atomic mass is 10.1. The molecule has 0 aliphatic rings. The molecular formula is C11H19ClN4. The van der Waals surface area contributed by atoms with Crippen molar-refractivity contribution in [2.75, 3.05) is 17.6 Å². The zero-order valence-electron chi connectivity index (χ0n) is 10.0. The summed E-state index contributed by atoms with van der Waals surface area (Å²) in [7, 11) is 0. The number of aromatic nitrogens is 2. The highest BCUT2D eigenvalue weighted by Crippen LogP contribution is 2.23. The fraction of sp³-hybridized carbons (Fsp3) is 0.636. The van der Waals surface area contributed by atoms with Crippen LogP contribution in [-0.4, -0.2) is 16.5 Å². The quantitative estimate of drug-likeness (QED) is 0.780. The average Bonchev–Trinajstić information content (AvgIpc) is 2.23. The largest absolute Gasteiger partial charge is 0.393 e. The van der Waals surface area contributed by atoms with E-state index in [1.807, 2.05) is 6.92 Å². The summed E-state index contributed by atoms with van der Waals surface area (Å²) in [6.07, 6.45) is 1.82. The minimum atomic E-state index is 0.332. The average molecular weight is 243 g/mol. The molecule has 3 N–H and O–H groups in total. The first kappa shape index (κ1) is 13.0. The molecule has 1 heterocycles. The summed E-state index contributed by atoms with van der Waals surface area (Å²) in [6.45, 7) is 7.18. The van der Waals surface area contributed by atoms with E-state index >= 15 is 0 Å². The zero-order chi connectivity index (χ0) is 12.1. The van der Waals surface area contributed by atoms with Gasteiger partial charge in [0.05, 0.1) is 0 Å². The Kier molecular flexibility index (Phi) is 4.80. The first-order valence-electron chi connectivity index (χ1n) is 5.60. The summed E-state index contributed by atoms with van der Waals surface area (Å²) < 4.78 is 0. The van der Waals surface area contributed by atoms with Crippen LogP contribution >= 0.6 is 11.6 Å². The molecule has 0 unspecified atom stereocenters. The second-order valence-corrected chi connectivity index (χ2v) is 4.51. The van der Waals surface area contributed by atoms with Crippen molar-refractivity contribution in [2.24, 2.45) is 5.92 Å². The van der Waals surface area contributed by atoms with Crippen LogP contribution in [0.3, 0.4) is 0 Å². The summed E-state index contributed by atoms with van der Waals surface area (Å²) in [5, 5.41) is 3.53. The van der Waals surface area contributed by atoms with Crippen LogP contribution in [-0.2, 0) is 6.42 Å². The van der Waals surface area contributed by atoms with Crippen LogP contribution in [0.15, 0.2) is 0 Å². The van der Waals surface area contributed by atoms with Crippen molar-refractivity contribution in [3.05, 3.63) is 11.0 Å². The Bertz CT molecular complexity index is 352. The second-order valence-electron chi connectivity index (χ2n) is 4.16. The molecule has 1 rings (SSSR count). The summed E-state index contributed by atoms with van der Waals surface area (Å²) >= 11 is 5.92. The van der Waals surface area contributed by atoms with Gasteiger partial charge in [-0.15, -0.1) is 0 Å². The molecule has 5 heteroatoms. The predicted molar refractivity (Wildman–Crippen MR) is 68.8 cm³/mol. The van der Waals surface area contributed by atoms with Crippen LogP contribution in [0, 0.1) is 5.92 Å². The third-order valence-corrected chi connectivity index (χ3v) is 2.56. The Morgan fingerprint density at radius 1 is 1.38 bits per heavy atom. The highest BCUT2D eigenvalue weighted by molar-refractivity contribution is 6.32. The lowest BCUT2D eigenvalue weighted by Crippen LogP contribution is -2.10. The molecule has 1 aromatic heterocycles. The number of rotatable bonds is 5.